The van der Waals surface area contributed by atoms with E-state index in [2.05, 4.69) is 0 Å². The molecule has 0 aromatic heterocycles. The van der Waals surface area contributed by atoms with Crippen LogP contribution in [0.4, 0.5) is 4.39 Å². The molecule has 0 amide bonds. The number of hydrogen-bond acceptors (Lipinski definition) is 1. The minimum absolute atomic E-state index is 0.0109. The number of hydrogen-bond donors (Lipinski definition) is 0. The third kappa shape index (κ3) is 1.91. The Morgan fingerprint density at radius 3 is 2.67 bits per heavy atom. The van der Waals surface area contributed by atoms with Gasteiger partial charge >= 0.3 is 0 Å². The van der Waals surface area contributed by atoms with Crippen molar-refractivity contribution in [3.63, 3.8) is 0 Å². The van der Waals surface area contributed by atoms with Crippen molar-refractivity contribution in [1.29, 1.82) is 0 Å². The highest BCUT2D eigenvalue weighted by Crippen LogP contribution is 2.13. The second kappa shape index (κ2) is 3.48. The highest BCUT2D eigenvalue weighted by molar-refractivity contribution is 5.78. The molecule has 0 unspecified atom stereocenters. The molecule has 64 valence electrons. The molecule has 12 heavy (non-hydrogen) atoms. The number of carbonyl (C=O) groups is 1. The summed E-state index contributed by atoms with van der Waals surface area (Å²) in [6.07, 6.45) is 0.193. The molecule has 1 rings (SSSR count). The normalized spacial score (nSPS) is 9.92. The predicted molar refractivity (Wildman–Crippen MR) is 45.5 cm³/mol. The molecule has 0 N–H and O–H groups in total. The van der Waals surface area contributed by atoms with Crippen molar-refractivity contribution in [3.05, 3.63) is 35.1 Å². The zero-order valence-electron chi connectivity index (χ0n) is 7.23. The fraction of sp³-hybridized carbons (Fsp3) is 0.300. The second-order valence-electron chi connectivity index (χ2n) is 2.91. The van der Waals surface area contributed by atoms with E-state index in [0.717, 1.165) is 5.56 Å². The average Bonchev–Trinajstić information content (AvgIpc) is 1.97. The fourth-order valence-electron chi connectivity index (χ4n) is 1.14. The molecule has 0 saturated heterocycles. The summed E-state index contributed by atoms with van der Waals surface area (Å²) in [6.45, 7) is 3.27. The zero-order chi connectivity index (χ0) is 9.14. The molecule has 1 aromatic carbocycles. The Balaban J connectivity index is 3.04. The standard InChI is InChI=1S/C10H11FO/c1-7-4-3-5-10(11)9(7)6-8(2)12/h3-5H,6H2,1-2H3. The summed E-state index contributed by atoms with van der Waals surface area (Å²) >= 11 is 0. The van der Waals surface area contributed by atoms with Crippen LogP contribution in [0, 0.1) is 12.7 Å². The van der Waals surface area contributed by atoms with Crippen LogP contribution >= 0.6 is 0 Å². The molecule has 0 saturated carbocycles. The van der Waals surface area contributed by atoms with Crippen molar-refractivity contribution < 1.29 is 9.18 Å². The van der Waals surface area contributed by atoms with Gasteiger partial charge in [-0.25, -0.2) is 4.39 Å². The van der Waals surface area contributed by atoms with E-state index >= 15 is 0 Å². The van der Waals surface area contributed by atoms with Gasteiger partial charge in [-0.2, -0.15) is 0 Å². The lowest BCUT2D eigenvalue weighted by atomic mass is 10.0. The Morgan fingerprint density at radius 1 is 1.50 bits per heavy atom. The van der Waals surface area contributed by atoms with Gasteiger partial charge in [-0.1, -0.05) is 12.1 Å². The first kappa shape index (κ1) is 8.91. The van der Waals surface area contributed by atoms with E-state index in [4.69, 9.17) is 0 Å². The van der Waals surface area contributed by atoms with Crippen LogP contribution in [0.3, 0.4) is 0 Å². The monoisotopic (exact) mass is 166 g/mol. The number of aryl methyl sites for hydroxylation is 1. The third-order valence-electron chi connectivity index (χ3n) is 1.78. The number of Topliss-reactive ketones (excluding diaryl/α,β-unsaturated/α-hetero) is 1. The lowest BCUT2D eigenvalue weighted by molar-refractivity contribution is -0.116. The molecule has 0 aliphatic carbocycles. The van der Waals surface area contributed by atoms with Crippen LogP contribution in [-0.4, -0.2) is 5.78 Å². The van der Waals surface area contributed by atoms with Gasteiger partial charge in [0.1, 0.15) is 11.6 Å². The van der Waals surface area contributed by atoms with E-state index in [-0.39, 0.29) is 18.0 Å². The maximum Gasteiger partial charge on any atom is 0.134 e. The van der Waals surface area contributed by atoms with Gasteiger partial charge in [0.05, 0.1) is 0 Å². The van der Waals surface area contributed by atoms with Gasteiger partial charge in [-0.3, -0.25) is 4.79 Å². The molecule has 1 nitrogen and oxygen atoms in total. The first-order valence-electron chi connectivity index (χ1n) is 3.84. The molecular weight excluding hydrogens is 155 g/mol. The maximum atomic E-state index is 13.1. The predicted octanol–water partition coefficient (Wildman–Crippen LogP) is 2.27. The van der Waals surface area contributed by atoms with E-state index in [1.807, 2.05) is 0 Å². The van der Waals surface area contributed by atoms with Crippen LogP contribution < -0.4 is 0 Å². The average molecular weight is 166 g/mol. The summed E-state index contributed by atoms with van der Waals surface area (Å²) in [4.78, 5) is 10.8. The van der Waals surface area contributed by atoms with E-state index < -0.39 is 0 Å². The molecule has 2 heteroatoms. The lowest BCUT2D eigenvalue weighted by Gasteiger charge is -2.03. The van der Waals surface area contributed by atoms with Crippen molar-refractivity contribution in [2.75, 3.05) is 0 Å². The summed E-state index contributed by atoms with van der Waals surface area (Å²) in [7, 11) is 0. The fourth-order valence-corrected chi connectivity index (χ4v) is 1.14. The molecule has 0 atom stereocenters. The summed E-state index contributed by atoms with van der Waals surface area (Å²) in [5.41, 5.74) is 1.36. The minimum Gasteiger partial charge on any atom is -0.300 e. The van der Waals surface area contributed by atoms with Crippen LogP contribution in [0.25, 0.3) is 0 Å². The Labute approximate surface area is 71.2 Å². The number of benzene rings is 1. The van der Waals surface area contributed by atoms with E-state index in [1.54, 1.807) is 19.1 Å². The highest BCUT2D eigenvalue weighted by Gasteiger charge is 2.06. The molecule has 0 fully saturated rings. The van der Waals surface area contributed by atoms with Gasteiger partial charge in [-0.15, -0.1) is 0 Å². The van der Waals surface area contributed by atoms with Crippen molar-refractivity contribution in [2.45, 2.75) is 20.3 Å². The SMILES string of the molecule is CC(=O)Cc1c(C)cccc1F. The Kier molecular flexibility index (Phi) is 2.58. The lowest BCUT2D eigenvalue weighted by Crippen LogP contribution is -2.01. The molecule has 0 bridgehead atoms. The van der Waals surface area contributed by atoms with Crippen molar-refractivity contribution >= 4 is 5.78 Å². The summed E-state index contributed by atoms with van der Waals surface area (Å²) in [5.74, 6) is -0.298. The number of rotatable bonds is 2. The van der Waals surface area contributed by atoms with E-state index in [1.165, 1.54) is 13.0 Å². The first-order valence-corrected chi connectivity index (χ1v) is 3.84. The summed E-state index contributed by atoms with van der Waals surface area (Å²) < 4.78 is 13.1. The van der Waals surface area contributed by atoms with E-state index in [0.29, 0.717) is 5.56 Å². The molecular formula is C10H11FO. The van der Waals surface area contributed by atoms with Gasteiger partial charge in [-0.05, 0) is 31.0 Å². The maximum absolute atomic E-state index is 13.1. The minimum atomic E-state index is -0.287. The molecule has 0 radical (unpaired) electrons. The topological polar surface area (TPSA) is 17.1 Å². The Morgan fingerprint density at radius 2 is 2.17 bits per heavy atom. The largest absolute Gasteiger partial charge is 0.300 e. The van der Waals surface area contributed by atoms with Gasteiger partial charge in [0, 0.05) is 6.42 Å². The van der Waals surface area contributed by atoms with Crippen LogP contribution in [0.15, 0.2) is 18.2 Å². The molecule has 0 aliphatic rings. The smallest absolute Gasteiger partial charge is 0.134 e. The van der Waals surface area contributed by atoms with Crippen LogP contribution in [0.1, 0.15) is 18.1 Å². The summed E-state index contributed by atoms with van der Waals surface area (Å²) in [5, 5.41) is 0. The van der Waals surface area contributed by atoms with Gasteiger partial charge in [0.15, 0.2) is 0 Å². The zero-order valence-corrected chi connectivity index (χ0v) is 7.23. The van der Waals surface area contributed by atoms with Crippen molar-refractivity contribution in [2.24, 2.45) is 0 Å². The molecule has 1 aromatic rings. The third-order valence-corrected chi connectivity index (χ3v) is 1.78. The number of carbonyl (C=O) groups excluding carboxylic acids is 1. The number of halogens is 1. The van der Waals surface area contributed by atoms with Gasteiger partial charge in [0.2, 0.25) is 0 Å². The second-order valence-corrected chi connectivity index (χ2v) is 2.91. The Bertz CT molecular complexity index is 284. The van der Waals surface area contributed by atoms with Crippen molar-refractivity contribution in [1.82, 2.24) is 0 Å². The van der Waals surface area contributed by atoms with Crippen LogP contribution in [0.2, 0.25) is 0 Å². The first-order chi connectivity index (χ1) is 5.61. The quantitative estimate of drug-likeness (QED) is 0.658. The van der Waals surface area contributed by atoms with Crippen LogP contribution in [-0.2, 0) is 11.2 Å². The Hall–Kier alpha value is -1.18. The summed E-state index contributed by atoms with van der Waals surface area (Å²) in [6, 6.07) is 4.83. The van der Waals surface area contributed by atoms with Crippen LogP contribution in [0.5, 0.6) is 0 Å². The van der Waals surface area contributed by atoms with E-state index in [9.17, 15) is 9.18 Å². The highest BCUT2D eigenvalue weighted by atomic mass is 19.1. The van der Waals surface area contributed by atoms with Crippen molar-refractivity contribution in [3.8, 4) is 0 Å². The number of ketones is 1. The molecule has 0 spiro atoms. The molecule has 0 aliphatic heterocycles. The van der Waals surface area contributed by atoms with Gasteiger partial charge in [0.25, 0.3) is 0 Å². The molecule has 0 heterocycles. The van der Waals surface area contributed by atoms with Gasteiger partial charge < -0.3 is 0 Å².